The number of hydrogen-bond donors (Lipinski definition) is 1. The second kappa shape index (κ2) is 8.42. The Morgan fingerprint density at radius 3 is 2.57 bits per heavy atom. The van der Waals surface area contributed by atoms with Crippen molar-refractivity contribution < 1.29 is 17.9 Å². The quantitative estimate of drug-likeness (QED) is 0.833. The van der Waals surface area contributed by atoms with Crippen LogP contribution in [0, 0.1) is 11.3 Å². The largest absolute Gasteiger partial charge is 0.495 e. The molecule has 1 fully saturated rings. The van der Waals surface area contributed by atoms with Gasteiger partial charge in [0.15, 0.2) is 0 Å². The number of piperidine rings is 1. The maximum absolute atomic E-state index is 13.1. The lowest BCUT2D eigenvalue weighted by Gasteiger charge is -2.26. The minimum absolute atomic E-state index is 0.0282. The fraction of sp³-hybridized carbons (Fsp3) is 0.300. The predicted octanol–water partition coefficient (Wildman–Crippen LogP) is 2.99. The first-order valence-corrected chi connectivity index (χ1v) is 10.4. The lowest BCUT2D eigenvalue weighted by molar-refractivity contribution is 0.102. The zero-order valence-corrected chi connectivity index (χ0v) is 16.3. The zero-order valence-electron chi connectivity index (χ0n) is 15.5. The molecule has 1 amide bonds. The van der Waals surface area contributed by atoms with E-state index in [1.54, 1.807) is 24.3 Å². The molecule has 0 bridgehead atoms. The molecular weight excluding hydrogens is 378 g/mol. The van der Waals surface area contributed by atoms with Crippen LogP contribution >= 0.6 is 0 Å². The Bertz CT molecular complexity index is 1020. The highest BCUT2D eigenvalue weighted by atomic mass is 32.2. The van der Waals surface area contributed by atoms with Crippen LogP contribution in [-0.2, 0) is 10.0 Å². The van der Waals surface area contributed by atoms with Gasteiger partial charge in [-0.25, -0.2) is 8.42 Å². The molecule has 1 aliphatic rings. The summed E-state index contributed by atoms with van der Waals surface area (Å²) in [5.41, 5.74) is 1.02. The number of nitrogens with one attached hydrogen (secondary N) is 1. The van der Waals surface area contributed by atoms with Gasteiger partial charge >= 0.3 is 0 Å². The number of nitrogens with zero attached hydrogens (tertiary/aromatic N) is 2. The van der Waals surface area contributed by atoms with Gasteiger partial charge in [0, 0.05) is 24.3 Å². The average molecular weight is 399 g/mol. The summed E-state index contributed by atoms with van der Waals surface area (Å²) in [6.07, 6.45) is 2.67. The molecule has 1 heterocycles. The van der Waals surface area contributed by atoms with Gasteiger partial charge in [-0.15, -0.1) is 0 Å². The van der Waals surface area contributed by atoms with Crippen molar-refractivity contribution in [2.45, 2.75) is 24.2 Å². The van der Waals surface area contributed by atoms with Crippen molar-refractivity contribution in [3.8, 4) is 11.8 Å². The monoisotopic (exact) mass is 399 g/mol. The molecule has 0 unspecified atom stereocenters. The van der Waals surface area contributed by atoms with Crippen LogP contribution in [0.15, 0.2) is 47.4 Å². The van der Waals surface area contributed by atoms with Crippen LogP contribution in [0.2, 0.25) is 0 Å². The van der Waals surface area contributed by atoms with Crippen LogP contribution in [0.1, 0.15) is 35.2 Å². The first kappa shape index (κ1) is 19.9. The maximum Gasteiger partial charge on any atom is 0.255 e. The molecule has 0 spiro atoms. The average Bonchev–Trinajstić information content (AvgIpc) is 2.74. The highest BCUT2D eigenvalue weighted by molar-refractivity contribution is 7.89. The third kappa shape index (κ3) is 4.16. The Hall–Kier alpha value is -2.89. The van der Waals surface area contributed by atoms with E-state index in [1.807, 2.05) is 6.07 Å². The van der Waals surface area contributed by atoms with Crippen LogP contribution in [0.25, 0.3) is 0 Å². The van der Waals surface area contributed by atoms with E-state index in [0.29, 0.717) is 29.9 Å². The van der Waals surface area contributed by atoms with E-state index < -0.39 is 15.9 Å². The van der Waals surface area contributed by atoms with E-state index in [9.17, 15) is 13.2 Å². The number of methoxy groups -OCH3 is 1. The van der Waals surface area contributed by atoms with Crippen molar-refractivity contribution in [2.24, 2.45) is 0 Å². The summed E-state index contributed by atoms with van der Waals surface area (Å²) in [6, 6.07) is 12.8. The summed E-state index contributed by atoms with van der Waals surface area (Å²) in [7, 11) is -2.31. The Morgan fingerprint density at radius 2 is 1.89 bits per heavy atom. The zero-order chi connectivity index (χ0) is 20.1. The van der Waals surface area contributed by atoms with Crippen molar-refractivity contribution >= 4 is 21.6 Å². The van der Waals surface area contributed by atoms with Crippen molar-refractivity contribution in [3.05, 3.63) is 53.6 Å². The number of rotatable bonds is 5. The highest BCUT2D eigenvalue weighted by Gasteiger charge is 2.29. The van der Waals surface area contributed by atoms with Gasteiger partial charge in [0.2, 0.25) is 10.0 Å². The predicted molar refractivity (Wildman–Crippen MR) is 105 cm³/mol. The Morgan fingerprint density at radius 1 is 1.14 bits per heavy atom. The van der Waals surface area contributed by atoms with Crippen LogP contribution in [0.3, 0.4) is 0 Å². The molecule has 1 aliphatic heterocycles. The summed E-state index contributed by atoms with van der Waals surface area (Å²) in [5, 5.41) is 11.7. The van der Waals surface area contributed by atoms with Gasteiger partial charge < -0.3 is 10.1 Å². The molecular formula is C20H21N3O4S. The molecule has 0 radical (unpaired) electrons. The molecule has 1 N–H and O–H groups in total. The minimum Gasteiger partial charge on any atom is -0.495 e. The SMILES string of the molecule is COc1ccc(NC(=O)c2cccc(C#N)c2)cc1S(=O)(=O)N1CCCCC1. The van der Waals surface area contributed by atoms with E-state index in [1.165, 1.54) is 29.6 Å². The number of hydrogen-bond acceptors (Lipinski definition) is 5. The summed E-state index contributed by atoms with van der Waals surface area (Å²) >= 11 is 0. The first-order valence-electron chi connectivity index (χ1n) is 8.95. The highest BCUT2D eigenvalue weighted by Crippen LogP contribution is 2.31. The number of ether oxygens (including phenoxy) is 1. The van der Waals surface area contributed by atoms with Gasteiger partial charge in [-0.1, -0.05) is 12.5 Å². The number of carbonyl (C=O) groups is 1. The van der Waals surface area contributed by atoms with Crippen molar-refractivity contribution in [1.29, 1.82) is 5.26 Å². The van der Waals surface area contributed by atoms with E-state index >= 15 is 0 Å². The van der Waals surface area contributed by atoms with Crippen LogP contribution in [0.4, 0.5) is 5.69 Å². The van der Waals surface area contributed by atoms with Gasteiger partial charge in [0.25, 0.3) is 5.91 Å². The Labute approximate surface area is 164 Å². The van der Waals surface area contributed by atoms with Gasteiger partial charge in [-0.2, -0.15) is 9.57 Å². The molecule has 0 aliphatic carbocycles. The lowest BCUT2D eigenvalue weighted by Crippen LogP contribution is -2.35. The Balaban J connectivity index is 1.90. The third-order valence-electron chi connectivity index (χ3n) is 4.61. The summed E-state index contributed by atoms with van der Waals surface area (Å²) in [6.45, 7) is 0.950. The molecule has 0 aromatic heterocycles. The van der Waals surface area contributed by atoms with Gasteiger partial charge in [-0.05, 0) is 49.2 Å². The van der Waals surface area contributed by atoms with Crippen LogP contribution < -0.4 is 10.1 Å². The van der Waals surface area contributed by atoms with Gasteiger partial charge in [-0.3, -0.25) is 4.79 Å². The Kier molecular flexibility index (Phi) is 5.97. The van der Waals surface area contributed by atoms with Crippen LogP contribution in [-0.4, -0.2) is 38.8 Å². The summed E-state index contributed by atoms with van der Waals surface area (Å²) < 4.78 is 32.8. The molecule has 8 heteroatoms. The molecule has 28 heavy (non-hydrogen) atoms. The number of nitriles is 1. The summed E-state index contributed by atoms with van der Waals surface area (Å²) in [5.74, 6) is -0.196. The number of amides is 1. The van der Waals surface area contributed by atoms with Crippen molar-refractivity contribution in [2.75, 3.05) is 25.5 Å². The number of sulfonamides is 1. The molecule has 0 saturated carbocycles. The second-order valence-corrected chi connectivity index (χ2v) is 8.38. The first-order chi connectivity index (χ1) is 13.5. The fourth-order valence-corrected chi connectivity index (χ4v) is 4.83. The molecule has 7 nitrogen and oxygen atoms in total. The summed E-state index contributed by atoms with van der Waals surface area (Å²) in [4.78, 5) is 12.5. The second-order valence-electron chi connectivity index (χ2n) is 6.48. The van der Waals surface area contributed by atoms with E-state index in [4.69, 9.17) is 10.00 Å². The molecule has 2 aromatic rings. The molecule has 2 aromatic carbocycles. The van der Waals surface area contributed by atoms with Gasteiger partial charge in [0.05, 0.1) is 18.7 Å². The van der Waals surface area contributed by atoms with Crippen molar-refractivity contribution in [1.82, 2.24) is 4.31 Å². The third-order valence-corrected chi connectivity index (χ3v) is 6.53. The van der Waals surface area contributed by atoms with E-state index in [-0.39, 0.29) is 10.6 Å². The standard InChI is InChI=1S/C20H21N3O4S/c1-27-18-9-8-17(22-20(24)16-7-5-6-15(12-16)14-21)13-19(18)28(25,26)23-10-3-2-4-11-23/h5-9,12-13H,2-4,10-11H2,1H3,(H,22,24). The minimum atomic E-state index is -3.72. The molecule has 3 rings (SSSR count). The molecule has 0 atom stereocenters. The fourth-order valence-electron chi connectivity index (χ4n) is 3.13. The smallest absolute Gasteiger partial charge is 0.255 e. The molecule has 1 saturated heterocycles. The number of carbonyl (C=O) groups excluding carboxylic acids is 1. The van der Waals surface area contributed by atoms with E-state index in [2.05, 4.69) is 5.32 Å². The normalized spacial score (nSPS) is 14.9. The van der Waals surface area contributed by atoms with Crippen LogP contribution in [0.5, 0.6) is 5.75 Å². The number of anilines is 1. The van der Waals surface area contributed by atoms with Crippen molar-refractivity contribution in [3.63, 3.8) is 0 Å². The van der Waals surface area contributed by atoms with E-state index in [0.717, 1.165) is 19.3 Å². The molecule has 146 valence electrons. The topological polar surface area (TPSA) is 99.5 Å². The maximum atomic E-state index is 13.1. The number of benzene rings is 2. The lowest BCUT2D eigenvalue weighted by atomic mass is 10.1. The van der Waals surface area contributed by atoms with Gasteiger partial charge in [0.1, 0.15) is 10.6 Å².